The van der Waals surface area contributed by atoms with Gasteiger partial charge in [-0.05, 0) is 36.1 Å². The molecule has 0 bridgehead atoms. The van der Waals surface area contributed by atoms with Crippen molar-refractivity contribution in [1.29, 1.82) is 0 Å². The van der Waals surface area contributed by atoms with E-state index in [4.69, 9.17) is 5.11 Å². The molecule has 0 radical (unpaired) electrons. The van der Waals surface area contributed by atoms with E-state index in [9.17, 15) is 14.4 Å². The normalized spacial score (nSPS) is 10.6. The van der Waals surface area contributed by atoms with Crippen LogP contribution in [0.5, 0.6) is 0 Å². The maximum atomic E-state index is 12.4. The van der Waals surface area contributed by atoms with Gasteiger partial charge < -0.3 is 15.4 Å². The van der Waals surface area contributed by atoms with E-state index in [0.717, 1.165) is 5.56 Å². The van der Waals surface area contributed by atoms with Crippen molar-refractivity contribution in [2.45, 2.75) is 32.6 Å². The highest BCUT2D eigenvalue weighted by Crippen LogP contribution is 2.15. The second-order valence-corrected chi connectivity index (χ2v) is 5.89. The molecule has 3 N–H and O–H groups in total. The first-order chi connectivity index (χ1) is 11.3. The van der Waals surface area contributed by atoms with Gasteiger partial charge in [-0.15, -0.1) is 0 Å². The van der Waals surface area contributed by atoms with Crippen molar-refractivity contribution in [3.63, 3.8) is 0 Å². The number of aromatic nitrogens is 1. The molecular weight excluding hydrogens is 308 g/mol. The number of anilines is 1. The molecule has 0 saturated heterocycles. The van der Waals surface area contributed by atoms with Gasteiger partial charge in [-0.3, -0.25) is 14.4 Å². The van der Waals surface area contributed by atoms with E-state index in [-0.39, 0.29) is 23.8 Å². The Morgan fingerprint density at radius 1 is 1.21 bits per heavy atom. The van der Waals surface area contributed by atoms with Crippen LogP contribution in [-0.4, -0.2) is 22.0 Å². The maximum absolute atomic E-state index is 12.4. The van der Waals surface area contributed by atoms with Crippen molar-refractivity contribution in [3.8, 4) is 0 Å². The Bertz CT molecular complexity index is 809. The van der Waals surface area contributed by atoms with Gasteiger partial charge in [0.15, 0.2) is 0 Å². The van der Waals surface area contributed by atoms with Crippen molar-refractivity contribution in [1.82, 2.24) is 4.98 Å². The molecule has 1 amide bonds. The highest BCUT2D eigenvalue weighted by atomic mass is 16.4. The average molecular weight is 328 g/mol. The zero-order valence-corrected chi connectivity index (χ0v) is 13.6. The smallest absolute Gasteiger partial charge is 0.303 e. The van der Waals surface area contributed by atoms with Crippen molar-refractivity contribution in [3.05, 3.63) is 63.6 Å². The highest BCUT2D eigenvalue weighted by molar-refractivity contribution is 6.04. The Hall–Kier alpha value is -2.89. The van der Waals surface area contributed by atoms with Crippen LogP contribution in [0.3, 0.4) is 0 Å². The number of H-pyrrole nitrogens is 1. The molecule has 0 saturated carbocycles. The number of carboxylic acid groups (broad SMARTS) is 1. The standard InChI is InChI=1S/C18H20N2O4/c1-11(2)15-9-13(10-16(21)20-15)18(24)19-14-5-3-4-12(8-14)6-7-17(22)23/h3-5,8-11H,6-7H2,1-2H3,(H,19,24)(H,20,21)(H,22,23). The molecule has 2 aromatic rings. The molecule has 2 rings (SSSR count). The van der Waals surface area contributed by atoms with Gasteiger partial charge >= 0.3 is 5.97 Å². The molecule has 126 valence electrons. The lowest BCUT2D eigenvalue weighted by atomic mass is 10.1. The second-order valence-electron chi connectivity index (χ2n) is 5.89. The molecule has 1 aromatic heterocycles. The number of pyridine rings is 1. The van der Waals surface area contributed by atoms with Gasteiger partial charge in [0.25, 0.3) is 5.91 Å². The molecule has 1 heterocycles. The summed E-state index contributed by atoms with van der Waals surface area (Å²) in [5.74, 6) is -1.14. The number of carbonyl (C=O) groups is 2. The predicted molar refractivity (Wildman–Crippen MR) is 91.5 cm³/mol. The topological polar surface area (TPSA) is 99.3 Å². The molecule has 0 atom stereocenters. The van der Waals surface area contributed by atoms with Crippen LogP contribution >= 0.6 is 0 Å². The molecule has 24 heavy (non-hydrogen) atoms. The summed E-state index contributed by atoms with van der Waals surface area (Å²) < 4.78 is 0. The van der Waals surface area contributed by atoms with E-state index in [1.165, 1.54) is 6.07 Å². The minimum absolute atomic E-state index is 0.0310. The first-order valence-corrected chi connectivity index (χ1v) is 7.71. The van der Waals surface area contributed by atoms with Crippen LogP contribution in [0.25, 0.3) is 0 Å². The van der Waals surface area contributed by atoms with Crippen molar-refractivity contribution < 1.29 is 14.7 Å². The Kier molecular flexibility index (Phi) is 5.52. The number of hydrogen-bond donors (Lipinski definition) is 3. The van der Waals surface area contributed by atoms with Crippen LogP contribution in [0.15, 0.2) is 41.2 Å². The number of benzene rings is 1. The van der Waals surface area contributed by atoms with Gasteiger partial charge in [0.1, 0.15) is 0 Å². The van der Waals surface area contributed by atoms with Gasteiger partial charge in [0.2, 0.25) is 5.56 Å². The van der Waals surface area contributed by atoms with Crippen LogP contribution in [0, 0.1) is 0 Å². The third-order valence-corrected chi connectivity index (χ3v) is 3.56. The fourth-order valence-electron chi connectivity index (χ4n) is 2.27. The summed E-state index contributed by atoms with van der Waals surface area (Å²) in [4.78, 5) is 37.4. The largest absolute Gasteiger partial charge is 0.481 e. The van der Waals surface area contributed by atoms with Crippen molar-refractivity contribution in [2.75, 3.05) is 5.32 Å². The van der Waals surface area contributed by atoms with E-state index in [2.05, 4.69) is 10.3 Å². The summed E-state index contributed by atoms with van der Waals surface area (Å²) in [6, 6.07) is 9.94. The Labute approximate surface area is 139 Å². The number of aryl methyl sites for hydroxylation is 1. The molecule has 0 unspecified atom stereocenters. The van der Waals surface area contributed by atoms with Gasteiger partial charge in [-0.1, -0.05) is 26.0 Å². The first-order valence-electron chi connectivity index (χ1n) is 7.71. The average Bonchev–Trinajstić information content (AvgIpc) is 2.52. The molecular formula is C18H20N2O4. The van der Waals surface area contributed by atoms with Crippen molar-refractivity contribution >= 4 is 17.6 Å². The van der Waals surface area contributed by atoms with E-state index in [0.29, 0.717) is 23.4 Å². The fraction of sp³-hybridized carbons (Fsp3) is 0.278. The lowest BCUT2D eigenvalue weighted by Gasteiger charge is -2.09. The summed E-state index contributed by atoms with van der Waals surface area (Å²) in [7, 11) is 0. The van der Waals surface area contributed by atoms with Gasteiger partial charge in [0.05, 0.1) is 0 Å². The summed E-state index contributed by atoms with van der Waals surface area (Å²) in [6.07, 6.45) is 0.421. The van der Waals surface area contributed by atoms with Gasteiger partial charge in [-0.25, -0.2) is 0 Å². The molecule has 1 aromatic carbocycles. The van der Waals surface area contributed by atoms with E-state index >= 15 is 0 Å². The lowest BCUT2D eigenvalue weighted by Crippen LogP contribution is -2.18. The van der Waals surface area contributed by atoms with Crippen LogP contribution in [0.2, 0.25) is 0 Å². The summed E-state index contributed by atoms with van der Waals surface area (Å²) in [6.45, 7) is 3.86. The minimum Gasteiger partial charge on any atom is -0.481 e. The van der Waals surface area contributed by atoms with Crippen LogP contribution < -0.4 is 10.9 Å². The monoisotopic (exact) mass is 328 g/mol. The van der Waals surface area contributed by atoms with Crippen LogP contribution in [0.4, 0.5) is 5.69 Å². The summed E-state index contributed by atoms with van der Waals surface area (Å²) in [5.41, 5.74) is 2.06. The van der Waals surface area contributed by atoms with Crippen LogP contribution in [0.1, 0.15) is 47.8 Å². The summed E-state index contributed by atoms with van der Waals surface area (Å²) >= 11 is 0. The molecule has 0 aliphatic heterocycles. The SMILES string of the molecule is CC(C)c1cc(C(=O)Nc2cccc(CCC(=O)O)c2)cc(=O)[nH]1. The molecule has 6 heteroatoms. The van der Waals surface area contributed by atoms with Gasteiger partial charge in [0, 0.05) is 29.4 Å². The minimum atomic E-state index is -0.867. The molecule has 0 aliphatic carbocycles. The maximum Gasteiger partial charge on any atom is 0.303 e. The number of amides is 1. The second kappa shape index (κ2) is 7.59. The number of aromatic amines is 1. The van der Waals surface area contributed by atoms with Crippen LogP contribution in [-0.2, 0) is 11.2 Å². The molecule has 6 nitrogen and oxygen atoms in total. The number of rotatable bonds is 6. The fourth-order valence-corrected chi connectivity index (χ4v) is 2.27. The third-order valence-electron chi connectivity index (χ3n) is 3.56. The van der Waals surface area contributed by atoms with E-state index in [1.54, 1.807) is 24.3 Å². The summed E-state index contributed by atoms with van der Waals surface area (Å²) in [5, 5.41) is 11.5. The number of nitrogens with one attached hydrogen (secondary N) is 2. The molecule has 0 aliphatic rings. The predicted octanol–water partition coefficient (Wildman–Crippen LogP) is 2.77. The Balaban J connectivity index is 2.16. The van der Waals surface area contributed by atoms with Crippen molar-refractivity contribution in [2.24, 2.45) is 0 Å². The number of carboxylic acids is 1. The quantitative estimate of drug-likeness (QED) is 0.759. The first kappa shape index (κ1) is 17.5. The highest BCUT2D eigenvalue weighted by Gasteiger charge is 2.11. The zero-order valence-electron chi connectivity index (χ0n) is 13.6. The zero-order chi connectivity index (χ0) is 17.7. The lowest BCUT2D eigenvalue weighted by molar-refractivity contribution is -0.136. The molecule has 0 spiro atoms. The Morgan fingerprint density at radius 2 is 1.96 bits per heavy atom. The van der Waals surface area contributed by atoms with E-state index < -0.39 is 5.97 Å². The number of hydrogen-bond acceptors (Lipinski definition) is 3. The van der Waals surface area contributed by atoms with Gasteiger partial charge in [-0.2, -0.15) is 0 Å². The number of aliphatic carboxylic acids is 1. The number of carbonyl (C=O) groups excluding carboxylic acids is 1. The molecule has 0 fully saturated rings. The Morgan fingerprint density at radius 3 is 2.62 bits per heavy atom. The third kappa shape index (κ3) is 4.81. The van der Waals surface area contributed by atoms with E-state index in [1.807, 2.05) is 19.9 Å².